The van der Waals surface area contributed by atoms with Crippen molar-refractivity contribution in [1.82, 2.24) is 5.32 Å². The van der Waals surface area contributed by atoms with Crippen molar-refractivity contribution >= 4 is 41.2 Å². The Morgan fingerprint density at radius 1 is 1.23 bits per heavy atom. The highest BCUT2D eigenvalue weighted by Crippen LogP contribution is 2.38. The summed E-state index contributed by atoms with van der Waals surface area (Å²) in [6, 6.07) is 7.27. The molecule has 1 heterocycles. The predicted molar refractivity (Wildman–Crippen MR) is 114 cm³/mol. The molecule has 1 saturated heterocycles. The first-order valence-electron chi connectivity index (χ1n) is 9.47. The summed E-state index contributed by atoms with van der Waals surface area (Å²) in [5.41, 5.74) is -0.271. The van der Waals surface area contributed by atoms with Gasteiger partial charge in [0.05, 0.1) is 23.9 Å². The lowest BCUT2D eigenvalue weighted by Gasteiger charge is -2.26. The monoisotopic (exact) mass is 446 g/mol. The average Bonchev–Trinajstić information content (AvgIpc) is 2.73. The van der Waals surface area contributed by atoms with Crippen molar-refractivity contribution in [3.63, 3.8) is 0 Å². The number of nitrogens with zero attached hydrogens (tertiary/aromatic N) is 1. The highest BCUT2D eigenvalue weighted by molar-refractivity contribution is 6.39. The second-order valence-electron chi connectivity index (χ2n) is 6.78. The zero-order valence-electron chi connectivity index (χ0n) is 17.1. The first kappa shape index (κ1) is 22.3. The number of anilines is 1. The van der Waals surface area contributed by atoms with Gasteiger partial charge in [-0.15, -0.1) is 0 Å². The Hall–Kier alpha value is -3.39. The van der Waals surface area contributed by atoms with Gasteiger partial charge in [-0.3, -0.25) is 14.9 Å². The molecule has 0 aliphatic carbocycles. The summed E-state index contributed by atoms with van der Waals surface area (Å²) in [5, 5.41) is 2.27. The van der Waals surface area contributed by atoms with Gasteiger partial charge in [-0.05, 0) is 49.2 Å². The number of amides is 4. The van der Waals surface area contributed by atoms with Crippen LogP contribution in [0.4, 0.5) is 14.9 Å². The van der Waals surface area contributed by atoms with Gasteiger partial charge in [0.15, 0.2) is 11.5 Å². The Morgan fingerprint density at radius 2 is 1.94 bits per heavy atom. The van der Waals surface area contributed by atoms with Crippen LogP contribution in [-0.4, -0.2) is 31.1 Å². The summed E-state index contributed by atoms with van der Waals surface area (Å²) in [6.07, 6.45) is 1.89. The van der Waals surface area contributed by atoms with Gasteiger partial charge in [-0.25, -0.2) is 14.1 Å². The maximum atomic E-state index is 14.2. The second-order valence-corrected chi connectivity index (χ2v) is 7.19. The van der Waals surface area contributed by atoms with Crippen molar-refractivity contribution in [1.29, 1.82) is 0 Å². The van der Waals surface area contributed by atoms with Crippen molar-refractivity contribution in [3.05, 3.63) is 58.4 Å². The number of methoxy groups -OCH3 is 1. The van der Waals surface area contributed by atoms with E-state index in [0.29, 0.717) is 22.0 Å². The van der Waals surface area contributed by atoms with E-state index in [1.54, 1.807) is 6.07 Å². The first-order valence-corrected chi connectivity index (χ1v) is 9.84. The molecule has 0 bridgehead atoms. The maximum absolute atomic E-state index is 14.2. The summed E-state index contributed by atoms with van der Waals surface area (Å²) < 4.78 is 25.3. The average molecular weight is 447 g/mol. The summed E-state index contributed by atoms with van der Waals surface area (Å²) in [5.74, 6) is -2.00. The number of benzene rings is 2. The number of halogens is 2. The number of carbonyl (C=O) groups is 3. The van der Waals surface area contributed by atoms with Crippen molar-refractivity contribution in [2.75, 3.05) is 12.0 Å². The van der Waals surface area contributed by atoms with E-state index in [1.165, 1.54) is 37.5 Å². The van der Waals surface area contributed by atoms with Gasteiger partial charge in [0.2, 0.25) is 0 Å². The third-order valence-electron chi connectivity index (χ3n) is 4.65. The van der Waals surface area contributed by atoms with E-state index in [2.05, 4.69) is 0 Å². The molecule has 2 aromatic carbocycles. The van der Waals surface area contributed by atoms with Gasteiger partial charge in [-0.1, -0.05) is 30.7 Å². The lowest BCUT2D eigenvalue weighted by atomic mass is 10.1. The van der Waals surface area contributed by atoms with Crippen molar-refractivity contribution in [2.45, 2.75) is 26.4 Å². The molecular formula is C22H20ClFN2O5. The molecular weight excluding hydrogens is 427 g/mol. The number of rotatable bonds is 6. The highest BCUT2D eigenvalue weighted by atomic mass is 35.5. The van der Waals surface area contributed by atoms with E-state index >= 15 is 0 Å². The highest BCUT2D eigenvalue weighted by Gasteiger charge is 2.38. The zero-order chi connectivity index (χ0) is 22.7. The fraction of sp³-hybridized carbons (Fsp3) is 0.227. The SMILES string of the molecule is CCC(C)Oc1c(Cl)cc(C=C2C(=O)NC(=O)N(c3ccccc3F)C2=O)cc1OC. The second kappa shape index (κ2) is 9.18. The number of hydrogen-bond acceptors (Lipinski definition) is 5. The molecule has 2 aromatic rings. The molecule has 1 atom stereocenters. The summed E-state index contributed by atoms with van der Waals surface area (Å²) in [7, 11) is 1.43. The standard InChI is InChI=1S/C22H20ClFN2O5/c1-4-12(2)31-19-15(23)10-13(11-18(19)30-3)9-14-20(27)25-22(29)26(21(14)28)17-8-6-5-7-16(17)24/h5-12H,4H2,1-3H3,(H,25,27,29). The van der Waals surface area contributed by atoms with Gasteiger partial charge < -0.3 is 9.47 Å². The van der Waals surface area contributed by atoms with Gasteiger partial charge in [-0.2, -0.15) is 0 Å². The van der Waals surface area contributed by atoms with Crippen LogP contribution >= 0.6 is 11.6 Å². The predicted octanol–water partition coefficient (Wildman–Crippen LogP) is 4.33. The van der Waals surface area contributed by atoms with Gasteiger partial charge in [0.25, 0.3) is 11.8 Å². The normalized spacial score (nSPS) is 16.4. The van der Waals surface area contributed by atoms with E-state index in [4.69, 9.17) is 21.1 Å². The van der Waals surface area contributed by atoms with Crippen molar-refractivity contribution < 1.29 is 28.2 Å². The molecule has 1 N–H and O–H groups in total. The molecule has 0 saturated carbocycles. The lowest BCUT2D eigenvalue weighted by molar-refractivity contribution is -0.122. The molecule has 3 rings (SSSR count). The number of ether oxygens (including phenoxy) is 2. The number of carbonyl (C=O) groups excluding carboxylic acids is 3. The summed E-state index contributed by atoms with van der Waals surface area (Å²) in [4.78, 5) is 38.0. The van der Waals surface area contributed by atoms with Crippen LogP contribution in [0.2, 0.25) is 5.02 Å². The molecule has 9 heteroatoms. The first-order chi connectivity index (χ1) is 14.8. The Kier molecular flexibility index (Phi) is 6.60. The minimum Gasteiger partial charge on any atom is -0.493 e. The minimum absolute atomic E-state index is 0.110. The maximum Gasteiger partial charge on any atom is 0.336 e. The zero-order valence-corrected chi connectivity index (χ0v) is 17.8. The van der Waals surface area contributed by atoms with Crippen LogP contribution in [0.3, 0.4) is 0 Å². The van der Waals surface area contributed by atoms with Crippen LogP contribution in [0.5, 0.6) is 11.5 Å². The fourth-order valence-corrected chi connectivity index (χ4v) is 3.16. The van der Waals surface area contributed by atoms with E-state index in [1.807, 2.05) is 19.2 Å². The minimum atomic E-state index is -1.04. The van der Waals surface area contributed by atoms with Crippen LogP contribution in [0.1, 0.15) is 25.8 Å². The number of imide groups is 2. The van der Waals surface area contributed by atoms with Crippen molar-refractivity contribution in [3.8, 4) is 11.5 Å². The fourth-order valence-electron chi connectivity index (χ4n) is 2.90. The van der Waals surface area contributed by atoms with Crippen LogP contribution in [0.25, 0.3) is 6.08 Å². The number of nitrogens with one attached hydrogen (secondary N) is 1. The molecule has 1 unspecified atom stereocenters. The topological polar surface area (TPSA) is 84.9 Å². The van der Waals surface area contributed by atoms with E-state index < -0.39 is 23.7 Å². The molecule has 0 spiro atoms. The lowest BCUT2D eigenvalue weighted by Crippen LogP contribution is -2.54. The van der Waals surface area contributed by atoms with Crippen molar-refractivity contribution in [2.24, 2.45) is 0 Å². The Labute approximate surface area is 183 Å². The Morgan fingerprint density at radius 3 is 2.58 bits per heavy atom. The molecule has 162 valence electrons. The van der Waals surface area contributed by atoms with Crippen LogP contribution in [-0.2, 0) is 9.59 Å². The molecule has 1 aliphatic rings. The molecule has 0 aromatic heterocycles. The van der Waals surface area contributed by atoms with Gasteiger partial charge in [0, 0.05) is 0 Å². The molecule has 7 nitrogen and oxygen atoms in total. The molecule has 1 fully saturated rings. The van der Waals surface area contributed by atoms with E-state index in [0.717, 1.165) is 12.5 Å². The number of hydrogen-bond donors (Lipinski definition) is 1. The third-order valence-corrected chi connectivity index (χ3v) is 4.93. The van der Waals surface area contributed by atoms with E-state index in [-0.39, 0.29) is 22.4 Å². The van der Waals surface area contributed by atoms with Gasteiger partial charge in [0.1, 0.15) is 11.4 Å². The largest absolute Gasteiger partial charge is 0.493 e. The number of para-hydroxylation sites is 1. The number of urea groups is 1. The quantitative estimate of drug-likeness (QED) is 0.527. The van der Waals surface area contributed by atoms with Gasteiger partial charge >= 0.3 is 6.03 Å². The Bertz CT molecular complexity index is 1090. The Balaban J connectivity index is 2.03. The summed E-state index contributed by atoms with van der Waals surface area (Å²) >= 11 is 6.34. The molecule has 1 aliphatic heterocycles. The van der Waals surface area contributed by atoms with E-state index in [9.17, 15) is 18.8 Å². The molecule has 4 amide bonds. The smallest absolute Gasteiger partial charge is 0.336 e. The third kappa shape index (κ3) is 4.54. The number of barbiturate groups is 1. The summed E-state index contributed by atoms with van der Waals surface area (Å²) in [6.45, 7) is 3.84. The van der Waals surface area contributed by atoms with Crippen LogP contribution in [0.15, 0.2) is 42.0 Å². The molecule has 31 heavy (non-hydrogen) atoms. The molecule has 0 radical (unpaired) electrons. The van der Waals surface area contributed by atoms with Crippen LogP contribution < -0.4 is 19.7 Å². The van der Waals surface area contributed by atoms with Crippen LogP contribution in [0, 0.1) is 5.82 Å².